The molecule has 0 aromatic carbocycles. The van der Waals surface area contributed by atoms with Crippen LogP contribution in [0.4, 0.5) is 0 Å². The topological polar surface area (TPSA) is 38.0 Å². The normalized spacial score (nSPS) is 21.8. The number of hydrogen-bond donors (Lipinski definition) is 1. The van der Waals surface area contributed by atoms with Gasteiger partial charge in [0.15, 0.2) is 0 Å². The van der Waals surface area contributed by atoms with Crippen LogP contribution in [-0.4, -0.2) is 20.5 Å². The molecule has 1 fully saturated rings. The summed E-state index contributed by atoms with van der Waals surface area (Å²) >= 11 is 0. The molecule has 2 rings (SSSR count). The molecule has 1 aliphatic carbocycles. The molecule has 1 heterocycles. The lowest BCUT2D eigenvalue weighted by molar-refractivity contribution is 0.0361. The molecule has 1 N–H and O–H groups in total. The average Bonchev–Trinajstić information content (AvgIpc) is 3.00. The van der Waals surface area contributed by atoms with Crippen LogP contribution < -0.4 is 0 Å². The zero-order valence-corrected chi connectivity index (χ0v) is 10.5. The highest BCUT2D eigenvalue weighted by molar-refractivity contribution is 5.07. The Balaban J connectivity index is 2.02. The van der Waals surface area contributed by atoms with Gasteiger partial charge in [-0.1, -0.05) is 6.92 Å². The van der Waals surface area contributed by atoms with Gasteiger partial charge in [0.1, 0.15) is 0 Å². The summed E-state index contributed by atoms with van der Waals surface area (Å²) in [4.78, 5) is 0. The van der Waals surface area contributed by atoms with Crippen molar-refractivity contribution in [3.63, 3.8) is 0 Å². The molecule has 1 aromatic rings. The number of rotatable bonds is 5. The van der Waals surface area contributed by atoms with Gasteiger partial charge in [0, 0.05) is 18.7 Å². The monoisotopic (exact) mass is 222 g/mol. The summed E-state index contributed by atoms with van der Waals surface area (Å²) < 4.78 is 2.00. The van der Waals surface area contributed by atoms with Gasteiger partial charge >= 0.3 is 0 Å². The van der Waals surface area contributed by atoms with E-state index in [-0.39, 0.29) is 0 Å². The number of aromatic nitrogens is 2. The van der Waals surface area contributed by atoms with E-state index in [0.717, 1.165) is 12.1 Å². The van der Waals surface area contributed by atoms with Crippen LogP contribution in [0.25, 0.3) is 0 Å². The van der Waals surface area contributed by atoms with Crippen molar-refractivity contribution in [1.82, 2.24) is 9.78 Å². The summed E-state index contributed by atoms with van der Waals surface area (Å²) in [6.07, 6.45) is 6.12. The standard InChI is InChI=1S/C13H22N2O/c1-4-10(2)15-8-7-12(14-15)9-13(3,16)11-5-6-11/h7-8,10-11,16H,4-6,9H2,1-3H3. The zero-order chi connectivity index (χ0) is 11.8. The van der Waals surface area contributed by atoms with E-state index in [9.17, 15) is 5.11 Å². The molecule has 1 saturated carbocycles. The second-order valence-corrected chi connectivity index (χ2v) is 5.35. The van der Waals surface area contributed by atoms with Gasteiger partial charge < -0.3 is 5.11 Å². The second-order valence-electron chi connectivity index (χ2n) is 5.35. The van der Waals surface area contributed by atoms with Crippen molar-refractivity contribution in [3.05, 3.63) is 18.0 Å². The van der Waals surface area contributed by atoms with Crippen LogP contribution in [0, 0.1) is 5.92 Å². The van der Waals surface area contributed by atoms with Crippen LogP contribution in [-0.2, 0) is 6.42 Å². The molecule has 0 saturated heterocycles. The van der Waals surface area contributed by atoms with Crippen molar-refractivity contribution in [2.75, 3.05) is 0 Å². The van der Waals surface area contributed by atoms with Crippen LogP contribution in [0.1, 0.15) is 51.8 Å². The van der Waals surface area contributed by atoms with Crippen LogP contribution in [0.3, 0.4) is 0 Å². The Morgan fingerprint density at radius 3 is 2.88 bits per heavy atom. The van der Waals surface area contributed by atoms with Crippen molar-refractivity contribution in [2.24, 2.45) is 5.92 Å². The molecule has 16 heavy (non-hydrogen) atoms. The Morgan fingerprint density at radius 1 is 1.62 bits per heavy atom. The molecular formula is C13H22N2O. The van der Waals surface area contributed by atoms with Gasteiger partial charge in [-0.3, -0.25) is 4.68 Å². The zero-order valence-electron chi connectivity index (χ0n) is 10.5. The van der Waals surface area contributed by atoms with Gasteiger partial charge in [-0.25, -0.2) is 0 Å². The van der Waals surface area contributed by atoms with Crippen molar-refractivity contribution in [2.45, 2.75) is 58.1 Å². The highest BCUT2D eigenvalue weighted by Gasteiger charge is 2.40. The molecule has 90 valence electrons. The third-order valence-corrected chi connectivity index (χ3v) is 3.70. The lowest BCUT2D eigenvalue weighted by atomic mass is 9.95. The van der Waals surface area contributed by atoms with Crippen LogP contribution >= 0.6 is 0 Å². The Labute approximate surface area is 97.5 Å². The molecule has 3 heteroatoms. The van der Waals surface area contributed by atoms with Crippen molar-refractivity contribution in [1.29, 1.82) is 0 Å². The van der Waals surface area contributed by atoms with Gasteiger partial charge in [0.05, 0.1) is 11.3 Å². The maximum atomic E-state index is 10.3. The molecular weight excluding hydrogens is 200 g/mol. The molecule has 0 bridgehead atoms. The number of hydrogen-bond acceptors (Lipinski definition) is 2. The number of aliphatic hydroxyl groups is 1. The molecule has 0 radical (unpaired) electrons. The van der Waals surface area contributed by atoms with Crippen LogP contribution in [0.5, 0.6) is 0 Å². The Kier molecular flexibility index (Phi) is 3.06. The lowest BCUT2D eigenvalue weighted by Gasteiger charge is -2.21. The molecule has 2 unspecified atom stereocenters. The predicted molar refractivity (Wildman–Crippen MR) is 64.3 cm³/mol. The predicted octanol–water partition coefficient (Wildman–Crippen LogP) is 2.56. The molecule has 0 spiro atoms. The summed E-state index contributed by atoms with van der Waals surface area (Å²) in [7, 11) is 0. The first kappa shape index (κ1) is 11.6. The first-order valence-electron chi connectivity index (χ1n) is 6.29. The first-order valence-corrected chi connectivity index (χ1v) is 6.29. The molecule has 3 nitrogen and oxygen atoms in total. The van der Waals surface area contributed by atoms with Crippen molar-refractivity contribution < 1.29 is 5.11 Å². The smallest absolute Gasteiger partial charge is 0.0703 e. The summed E-state index contributed by atoms with van der Waals surface area (Å²) in [5.74, 6) is 0.487. The highest BCUT2D eigenvalue weighted by atomic mass is 16.3. The minimum absolute atomic E-state index is 0.444. The Hall–Kier alpha value is -0.830. The van der Waals surface area contributed by atoms with E-state index in [1.54, 1.807) is 0 Å². The summed E-state index contributed by atoms with van der Waals surface area (Å²) in [5, 5.41) is 14.8. The van der Waals surface area contributed by atoms with Crippen molar-refractivity contribution >= 4 is 0 Å². The van der Waals surface area contributed by atoms with Crippen molar-refractivity contribution in [3.8, 4) is 0 Å². The molecule has 0 amide bonds. The molecule has 1 aromatic heterocycles. The Bertz CT molecular complexity index is 353. The maximum Gasteiger partial charge on any atom is 0.0703 e. The van der Waals surface area contributed by atoms with E-state index in [0.29, 0.717) is 18.4 Å². The number of nitrogens with zero attached hydrogens (tertiary/aromatic N) is 2. The van der Waals surface area contributed by atoms with Crippen LogP contribution in [0.2, 0.25) is 0 Å². The van der Waals surface area contributed by atoms with Gasteiger partial charge in [0.2, 0.25) is 0 Å². The fourth-order valence-electron chi connectivity index (χ4n) is 2.12. The van der Waals surface area contributed by atoms with Gasteiger partial charge in [-0.05, 0) is 45.1 Å². The quantitative estimate of drug-likeness (QED) is 0.831. The van der Waals surface area contributed by atoms with Crippen LogP contribution in [0.15, 0.2) is 12.3 Å². The molecule has 1 aliphatic rings. The fraction of sp³-hybridized carbons (Fsp3) is 0.769. The van der Waals surface area contributed by atoms with E-state index < -0.39 is 5.60 Å². The molecule has 0 aliphatic heterocycles. The SMILES string of the molecule is CCC(C)n1ccc(CC(C)(O)C2CC2)n1. The van der Waals surface area contributed by atoms with E-state index in [2.05, 4.69) is 18.9 Å². The summed E-state index contributed by atoms with van der Waals surface area (Å²) in [5.41, 5.74) is 0.450. The van der Waals surface area contributed by atoms with Gasteiger partial charge in [-0.2, -0.15) is 5.10 Å². The maximum absolute atomic E-state index is 10.3. The van der Waals surface area contributed by atoms with E-state index in [1.165, 1.54) is 12.8 Å². The van der Waals surface area contributed by atoms with E-state index in [1.807, 2.05) is 23.9 Å². The van der Waals surface area contributed by atoms with Gasteiger partial charge in [0.25, 0.3) is 0 Å². The molecule has 2 atom stereocenters. The van der Waals surface area contributed by atoms with Gasteiger partial charge in [-0.15, -0.1) is 0 Å². The second kappa shape index (κ2) is 4.21. The third kappa shape index (κ3) is 2.46. The summed E-state index contributed by atoms with van der Waals surface area (Å²) in [6.45, 7) is 6.26. The Morgan fingerprint density at radius 2 is 2.31 bits per heavy atom. The van der Waals surface area contributed by atoms with E-state index in [4.69, 9.17) is 0 Å². The third-order valence-electron chi connectivity index (χ3n) is 3.70. The highest BCUT2D eigenvalue weighted by Crippen LogP contribution is 2.40. The summed E-state index contributed by atoms with van der Waals surface area (Å²) in [6, 6.07) is 2.47. The fourth-order valence-corrected chi connectivity index (χ4v) is 2.12. The van der Waals surface area contributed by atoms with E-state index >= 15 is 0 Å². The minimum atomic E-state index is -0.561. The lowest BCUT2D eigenvalue weighted by Crippen LogP contribution is -2.30. The largest absolute Gasteiger partial charge is 0.389 e. The average molecular weight is 222 g/mol. The minimum Gasteiger partial charge on any atom is -0.389 e. The first-order chi connectivity index (χ1) is 7.53.